The van der Waals surface area contributed by atoms with Crippen LogP contribution >= 0.6 is 0 Å². The number of hydrogen-bond donors (Lipinski definition) is 2. The Kier molecular flexibility index (Phi) is 6.52. The van der Waals surface area contributed by atoms with Crippen LogP contribution in [0.1, 0.15) is 16.8 Å². The topological polar surface area (TPSA) is 66.8 Å². The van der Waals surface area contributed by atoms with Gasteiger partial charge in [-0.1, -0.05) is 54.6 Å². The lowest BCUT2D eigenvalue weighted by Crippen LogP contribution is -2.25. The molecule has 0 saturated carbocycles. The number of ether oxygens (including phenoxy) is 1. The van der Waals surface area contributed by atoms with Gasteiger partial charge in [-0.3, -0.25) is 0 Å². The highest BCUT2D eigenvalue weighted by molar-refractivity contribution is 6.69. The number of carboxylic acids is 1. The number of rotatable bonds is 8. The smallest absolute Gasteiger partial charge is 0.336 e. The van der Waals surface area contributed by atoms with Crippen LogP contribution in [0, 0.1) is 0 Å². The number of carboxylic acid groups (broad SMARTS) is 1. The zero-order chi connectivity index (χ0) is 20.9. The first-order chi connectivity index (χ1) is 13.8. The van der Waals surface area contributed by atoms with Crippen LogP contribution in [0.3, 0.4) is 0 Å². The average Bonchev–Trinajstić information content (AvgIpc) is 2.71. The Morgan fingerprint density at radius 1 is 0.897 bits per heavy atom. The fourth-order valence-corrected chi connectivity index (χ4v) is 4.22. The molecule has 0 aromatic heterocycles. The molecule has 150 valence electrons. The summed E-state index contributed by atoms with van der Waals surface area (Å²) in [6.07, 6.45) is 0.775. The van der Waals surface area contributed by atoms with Crippen molar-refractivity contribution in [3.63, 3.8) is 0 Å². The molecular weight excluding hydrogens is 380 g/mol. The largest absolute Gasteiger partial charge is 0.494 e. The number of hydrogen-bond acceptors (Lipinski definition) is 3. The van der Waals surface area contributed by atoms with E-state index in [-0.39, 0.29) is 5.56 Å². The predicted molar refractivity (Wildman–Crippen MR) is 119 cm³/mol. The van der Waals surface area contributed by atoms with E-state index in [4.69, 9.17) is 4.74 Å². The molecule has 3 aromatic rings. The van der Waals surface area contributed by atoms with Crippen molar-refractivity contribution < 1.29 is 19.4 Å². The molecule has 0 aliphatic rings. The molecule has 0 fully saturated rings. The van der Waals surface area contributed by atoms with Crippen molar-refractivity contribution in [2.45, 2.75) is 25.6 Å². The summed E-state index contributed by atoms with van der Waals surface area (Å²) in [6, 6.07) is 23.8. The first-order valence-electron chi connectivity index (χ1n) is 9.72. The Bertz CT molecular complexity index is 960. The Labute approximate surface area is 172 Å². The van der Waals surface area contributed by atoms with Crippen molar-refractivity contribution in [2.24, 2.45) is 0 Å². The highest BCUT2D eigenvalue weighted by Crippen LogP contribution is 2.30. The third kappa shape index (κ3) is 5.79. The van der Waals surface area contributed by atoms with Crippen LogP contribution in [0.25, 0.3) is 22.3 Å². The Morgan fingerprint density at radius 3 is 2.14 bits per heavy atom. The fourth-order valence-electron chi connectivity index (χ4n) is 3.21. The second-order valence-electron chi connectivity index (χ2n) is 7.72. The fraction of sp³-hybridized carbons (Fsp3) is 0.208. The molecular formula is C24H26O4Si. The summed E-state index contributed by atoms with van der Waals surface area (Å²) in [5, 5.41) is 9.59. The molecule has 0 bridgehead atoms. The van der Waals surface area contributed by atoms with Gasteiger partial charge in [0.05, 0.1) is 12.2 Å². The second kappa shape index (κ2) is 9.07. The van der Waals surface area contributed by atoms with Gasteiger partial charge < -0.3 is 14.6 Å². The van der Waals surface area contributed by atoms with E-state index in [1.54, 1.807) is 18.2 Å². The molecule has 0 aliphatic carbocycles. The molecule has 3 rings (SSSR count). The van der Waals surface area contributed by atoms with Gasteiger partial charge in [-0.25, -0.2) is 4.79 Å². The van der Waals surface area contributed by atoms with Crippen molar-refractivity contribution in [1.82, 2.24) is 0 Å². The van der Waals surface area contributed by atoms with Gasteiger partial charge in [0.2, 0.25) is 0 Å². The third-order valence-electron chi connectivity index (χ3n) is 4.73. The highest BCUT2D eigenvalue weighted by atomic mass is 28.4. The van der Waals surface area contributed by atoms with Crippen LogP contribution < -0.4 is 4.74 Å². The molecule has 0 saturated heterocycles. The summed E-state index contributed by atoms with van der Waals surface area (Å²) >= 11 is 0. The van der Waals surface area contributed by atoms with Gasteiger partial charge in [0.1, 0.15) is 5.75 Å². The number of aromatic carboxylic acids is 1. The summed E-state index contributed by atoms with van der Waals surface area (Å²) in [5.41, 5.74) is 3.90. The Morgan fingerprint density at radius 2 is 1.52 bits per heavy atom. The van der Waals surface area contributed by atoms with Crippen LogP contribution in [0.2, 0.25) is 19.1 Å². The first-order valence-corrected chi connectivity index (χ1v) is 12.9. The second-order valence-corrected chi connectivity index (χ2v) is 11.8. The monoisotopic (exact) mass is 406 g/mol. The average molecular weight is 407 g/mol. The predicted octanol–water partition coefficient (Wildman–Crippen LogP) is 5.69. The van der Waals surface area contributed by atoms with Crippen LogP contribution in [-0.4, -0.2) is 30.8 Å². The van der Waals surface area contributed by atoms with Crippen LogP contribution in [0.5, 0.6) is 5.75 Å². The van der Waals surface area contributed by atoms with Gasteiger partial charge in [-0.15, -0.1) is 0 Å². The van der Waals surface area contributed by atoms with Gasteiger partial charge in [-0.05, 0) is 66.0 Å². The number of benzene rings is 3. The van der Waals surface area contributed by atoms with Crippen molar-refractivity contribution in [2.75, 3.05) is 6.61 Å². The van der Waals surface area contributed by atoms with E-state index in [1.807, 2.05) is 67.7 Å². The van der Waals surface area contributed by atoms with E-state index in [2.05, 4.69) is 0 Å². The van der Waals surface area contributed by atoms with Crippen LogP contribution in [0.4, 0.5) is 0 Å². The minimum Gasteiger partial charge on any atom is -0.494 e. The summed E-state index contributed by atoms with van der Waals surface area (Å²) in [7, 11) is -2.07. The molecule has 3 aromatic carbocycles. The molecule has 0 spiro atoms. The van der Waals surface area contributed by atoms with E-state index in [9.17, 15) is 14.7 Å². The van der Waals surface area contributed by atoms with E-state index >= 15 is 0 Å². The zero-order valence-corrected chi connectivity index (χ0v) is 17.8. The summed E-state index contributed by atoms with van der Waals surface area (Å²) < 4.78 is 5.81. The first kappa shape index (κ1) is 20.8. The Balaban J connectivity index is 1.82. The lowest BCUT2D eigenvalue weighted by Gasteiger charge is -2.15. The lowest BCUT2D eigenvalue weighted by molar-refractivity contribution is 0.0697. The van der Waals surface area contributed by atoms with Crippen molar-refractivity contribution in [1.29, 1.82) is 0 Å². The molecule has 0 atom stereocenters. The van der Waals surface area contributed by atoms with Gasteiger partial charge in [-0.2, -0.15) is 0 Å². The van der Waals surface area contributed by atoms with E-state index in [0.717, 1.165) is 29.2 Å². The van der Waals surface area contributed by atoms with Crippen LogP contribution in [0.15, 0.2) is 72.8 Å². The quantitative estimate of drug-likeness (QED) is 0.373. The summed E-state index contributed by atoms with van der Waals surface area (Å²) in [6.45, 7) is 4.31. The minimum atomic E-state index is -2.07. The maximum Gasteiger partial charge on any atom is 0.336 e. The van der Waals surface area contributed by atoms with Gasteiger partial charge in [0, 0.05) is 0 Å². The van der Waals surface area contributed by atoms with E-state index in [1.165, 1.54) is 0 Å². The van der Waals surface area contributed by atoms with Crippen molar-refractivity contribution >= 4 is 14.3 Å². The van der Waals surface area contributed by atoms with Crippen LogP contribution in [-0.2, 0) is 0 Å². The minimum absolute atomic E-state index is 0.244. The molecule has 2 N–H and O–H groups in total. The SMILES string of the molecule is C[Si](C)(O)CCCOc1ccc(C(=O)O)c(-c2ccc(-c3ccccc3)cc2)c1. The molecule has 4 nitrogen and oxygen atoms in total. The van der Waals surface area contributed by atoms with Crippen molar-refractivity contribution in [3.8, 4) is 28.0 Å². The molecule has 0 heterocycles. The molecule has 0 radical (unpaired) electrons. The highest BCUT2D eigenvalue weighted by Gasteiger charge is 2.16. The van der Waals surface area contributed by atoms with Gasteiger partial charge in [0.25, 0.3) is 0 Å². The van der Waals surface area contributed by atoms with Gasteiger partial charge in [0.15, 0.2) is 8.32 Å². The molecule has 0 aliphatic heterocycles. The van der Waals surface area contributed by atoms with Gasteiger partial charge >= 0.3 is 5.97 Å². The normalized spacial score (nSPS) is 11.3. The molecule has 0 amide bonds. The molecule has 29 heavy (non-hydrogen) atoms. The van der Waals surface area contributed by atoms with Crippen molar-refractivity contribution in [3.05, 3.63) is 78.4 Å². The van der Waals surface area contributed by atoms with E-state index in [0.29, 0.717) is 17.9 Å². The maximum atomic E-state index is 11.7. The van der Waals surface area contributed by atoms with E-state index < -0.39 is 14.3 Å². The third-order valence-corrected chi connectivity index (χ3v) is 6.30. The summed E-state index contributed by atoms with van der Waals surface area (Å²) in [5.74, 6) is -0.332. The maximum absolute atomic E-state index is 11.7. The summed E-state index contributed by atoms with van der Waals surface area (Å²) in [4.78, 5) is 21.6. The standard InChI is InChI=1S/C24H26O4Si/c1-29(2,27)16-6-15-28-21-13-14-22(24(25)26)23(17-21)20-11-9-19(10-12-20)18-7-4-3-5-8-18/h3-5,7-14,17,27H,6,15-16H2,1-2H3,(H,25,26). The molecule has 0 unspecified atom stereocenters. The molecule has 5 heteroatoms. The Hall–Kier alpha value is -2.89. The zero-order valence-electron chi connectivity index (χ0n) is 16.8. The lowest BCUT2D eigenvalue weighted by atomic mass is 9.96. The number of carbonyl (C=O) groups is 1.